The van der Waals surface area contributed by atoms with E-state index >= 15 is 0 Å². The molecule has 0 fully saturated rings. The van der Waals surface area contributed by atoms with Gasteiger partial charge in [-0.25, -0.2) is 0 Å². The van der Waals surface area contributed by atoms with E-state index in [2.05, 4.69) is 23.5 Å². The highest BCUT2D eigenvalue weighted by atomic mass is 16.2. The van der Waals surface area contributed by atoms with Crippen LogP contribution in [0.15, 0.2) is 48.5 Å². The van der Waals surface area contributed by atoms with Crippen molar-refractivity contribution in [3.05, 3.63) is 54.1 Å². The molecule has 102 valence electrons. The second kappa shape index (κ2) is 7.32. The average Bonchev–Trinajstić information content (AvgIpc) is 2.52. The van der Waals surface area contributed by atoms with E-state index in [9.17, 15) is 0 Å². The van der Waals surface area contributed by atoms with Crippen LogP contribution in [0, 0.1) is 11.3 Å². The van der Waals surface area contributed by atoms with Crippen LogP contribution < -0.4 is 5.32 Å². The van der Waals surface area contributed by atoms with Crippen molar-refractivity contribution in [2.24, 2.45) is 0 Å². The summed E-state index contributed by atoms with van der Waals surface area (Å²) in [6.07, 6.45) is 1.69. The number of hydrogen-bond acceptors (Lipinski definition) is 3. The molecule has 0 aromatic heterocycles. The summed E-state index contributed by atoms with van der Waals surface area (Å²) in [7, 11) is 0. The Hall–Kier alpha value is -2.31. The van der Waals surface area contributed by atoms with Gasteiger partial charge >= 0.3 is 0 Å². The minimum Gasteiger partial charge on any atom is -0.396 e. The largest absolute Gasteiger partial charge is 0.396 e. The van der Waals surface area contributed by atoms with Gasteiger partial charge < -0.3 is 10.4 Å². The summed E-state index contributed by atoms with van der Waals surface area (Å²) < 4.78 is 0. The van der Waals surface area contributed by atoms with Crippen molar-refractivity contribution in [1.29, 1.82) is 5.26 Å². The third-order valence-electron chi connectivity index (χ3n) is 3.13. The van der Waals surface area contributed by atoms with Gasteiger partial charge in [-0.2, -0.15) is 5.26 Å². The van der Waals surface area contributed by atoms with Crippen LogP contribution in [-0.2, 0) is 0 Å². The Labute approximate surface area is 119 Å². The van der Waals surface area contributed by atoms with Gasteiger partial charge in [0.1, 0.15) is 0 Å². The van der Waals surface area contributed by atoms with Gasteiger partial charge in [0.2, 0.25) is 0 Å². The summed E-state index contributed by atoms with van der Waals surface area (Å²) in [6.45, 7) is 1.00. The molecule has 0 unspecified atom stereocenters. The first-order chi connectivity index (χ1) is 9.85. The lowest BCUT2D eigenvalue weighted by molar-refractivity contribution is 0.286. The number of hydrogen-bond donors (Lipinski definition) is 2. The molecular formula is C17H18N2O. The number of unbranched alkanes of at least 4 members (excludes halogenated alkanes) is 1. The van der Waals surface area contributed by atoms with Crippen LogP contribution in [0.3, 0.4) is 0 Å². The number of nitrogens with zero attached hydrogens (tertiary/aromatic N) is 1. The predicted octanol–water partition coefficient (Wildman–Crippen LogP) is 3.41. The van der Waals surface area contributed by atoms with E-state index < -0.39 is 0 Å². The molecular weight excluding hydrogens is 248 g/mol. The van der Waals surface area contributed by atoms with Gasteiger partial charge in [-0.3, -0.25) is 0 Å². The molecule has 0 amide bonds. The fourth-order valence-electron chi connectivity index (χ4n) is 2.09. The van der Waals surface area contributed by atoms with E-state index in [1.807, 2.05) is 36.4 Å². The highest BCUT2D eigenvalue weighted by Crippen LogP contribution is 2.28. The third-order valence-corrected chi connectivity index (χ3v) is 3.13. The van der Waals surface area contributed by atoms with Gasteiger partial charge in [-0.15, -0.1) is 0 Å². The zero-order chi connectivity index (χ0) is 14.2. The maximum Gasteiger partial charge on any atom is 0.0992 e. The number of anilines is 1. The molecule has 3 heteroatoms. The Morgan fingerprint density at radius 3 is 2.55 bits per heavy atom. The Bertz CT molecular complexity index is 588. The molecule has 0 heterocycles. The summed E-state index contributed by atoms with van der Waals surface area (Å²) in [5.74, 6) is 0. The van der Waals surface area contributed by atoms with Gasteiger partial charge in [0.25, 0.3) is 0 Å². The van der Waals surface area contributed by atoms with Crippen LogP contribution in [0.1, 0.15) is 18.4 Å². The molecule has 0 radical (unpaired) electrons. The molecule has 20 heavy (non-hydrogen) atoms. The Kier molecular flexibility index (Phi) is 5.16. The van der Waals surface area contributed by atoms with Crippen LogP contribution in [0.25, 0.3) is 11.1 Å². The summed E-state index contributed by atoms with van der Waals surface area (Å²) in [5.41, 5.74) is 3.83. The van der Waals surface area contributed by atoms with Crippen LogP contribution in [-0.4, -0.2) is 18.3 Å². The standard InChI is InChI=1S/C17H18N2O/c18-13-14-8-9-16(15-6-2-1-3-7-15)17(12-14)19-10-4-5-11-20/h1-3,6-9,12,19-20H,4-5,10-11H2. The van der Waals surface area contributed by atoms with Gasteiger partial charge in [0, 0.05) is 24.4 Å². The number of nitrogens with one attached hydrogen (secondary N) is 1. The van der Waals surface area contributed by atoms with Gasteiger partial charge in [-0.05, 0) is 30.5 Å². The summed E-state index contributed by atoms with van der Waals surface area (Å²) >= 11 is 0. The number of aliphatic hydroxyl groups is 1. The fraction of sp³-hybridized carbons (Fsp3) is 0.235. The highest BCUT2D eigenvalue weighted by Gasteiger charge is 2.05. The first-order valence-electron chi connectivity index (χ1n) is 6.79. The first kappa shape index (κ1) is 14.1. The topological polar surface area (TPSA) is 56.0 Å². The van der Waals surface area contributed by atoms with Crippen molar-refractivity contribution in [3.63, 3.8) is 0 Å². The van der Waals surface area contributed by atoms with Gasteiger partial charge in [0.15, 0.2) is 0 Å². The molecule has 0 saturated carbocycles. The van der Waals surface area contributed by atoms with E-state index in [1.165, 1.54) is 0 Å². The lowest BCUT2D eigenvalue weighted by atomic mass is 10.0. The molecule has 0 bridgehead atoms. The maximum absolute atomic E-state index is 9.02. The Balaban J connectivity index is 2.24. The van der Waals surface area contributed by atoms with E-state index in [0.717, 1.165) is 36.2 Å². The van der Waals surface area contributed by atoms with Gasteiger partial charge in [0.05, 0.1) is 11.6 Å². The van der Waals surface area contributed by atoms with Gasteiger partial charge in [-0.1, -0.05) is 36.4 Å². The van der Waals surface area contributed by atoms with Crippen LogP contribution >= 0.6 is 0 Å². The normalized spacial score (nSPS) is 10.0. The minimum atomic E-state index is 0.214. The lowest BCUT2D eigenvalue weighted by Gasteiger charge is -2.12. The molecule has 0 aliphatic carbocycles. The van der Waals surface area contributed by atoms with Crippen molar-refractivity contribution < 1.29 is 5.11 Å². The number of aliphatic hydroxyl groups excluding tert-OH is 1. The second-order valence-corrected chi connectivity index (χ2v) is 4.60. The van der Waals surface area contributed by atoms with Crippen molar-refractivity contribution >= 4 is 5.69 Å². The van der Waals surface area contributed by atoms with Crippen LogP contribution in [0.2, 0.25) is 0 Å². The maximum atomic E-state index is 9.02. The van der Waals surface area contributed by atoms with Crippen molar-refractivity contribution in [2.75, 3.05) is 18.5 Å². The van der Waals surface area contributed by atoms with Crippen molar-refractivity contribution in [2.45, 2.75) is 12.8 Å². The molecule has 2 rings (SSSR count). The fourth-order valence-corrected chi connectivity index (χ4v) is 2.09. The zero-order valence-electron chi connectivity index (χ0n) is 11.3. The number of benzene rings is 2. The molecule has 0 saturated heterocycles. The predicted molar refractivity (Wildman–Crippen MR) is 81.4 cm³/mol. The SMILES string of the molecule is N#Cc1ccc(-c2ccccc2)c(NCCCCO)c1. The number of nitriles is 1. The van der Waals surface area contributed by atoms with E-state index in [4.69, 9.17) is 10.4 Å². The third kappa shape index (κ3) is 3.59. The summed E-state index contributed by atoms with van der Waals surface area (Å²) in [6, 6.07) is 18.0. The van der Waals surface area contributed by atoms with E-state index in [0.29, 0.717) is 5.56 Å². The molecule has 0 aliphatic heterocycles. The van der Waals surface area contributed by atoms with Crippen LogP contribution in [0.4, 0.5) is 5.69 Å². The van der Waals surface area contributed by atoms with Crippen LogP contribution in [0.5, 0.6) is 0 Å². The second-order valence-electron chi connectivity index (χ2n) is 4.60. The summed E-state index contributed by atoms with van der Waals surface area (Å²) in [4.78, 5) is 0. The van der Waals surface area contributed by atoms with E-state index in [1.54, 1.807) is 0 Å². The average molecular weight is 266 g/mol. The molecule has 2 aromatic carbocycles. The molecule has 3 nitrogen and oxygen atoms in total. The smallest absolute Gasteiger partial charge is 0.0992 e. The molecule has 0 spiro atoms. The summed E-state index contributed by atoms with van der Waals surface area (Å²) in [5, 5.41) is 21.2. The van der Waals surface area contributed by atoms with Crippen molar-refractivity contribution in [3.8, 4) is 17.2 Å². The minimum absolute atomic E-state index is 0.214. The molecule has 2 N–H and O–H groups in total. The molecule has 0 aliphatic rings. The van der Waals surface area contributed by atoms with Crippen molar-refractivity contribution in [1.82, 2.24) is 0 Å². The van der Waals surface area contributed by atoms with E-state index in [-0.39, 0.29) is 6.61 Å². The Morgan fingerprint density at radius 1 is 1.05 bits per heavy atom. The number of rotatable bonds is 6. The highest BCUT2D eigenvalue weighted by molar-refractivity contribution is 5.79. The quantitative estimate of drug-likeness (QED) is 0.788. The molecule has 0 atom stereocenters. The monoisotopic (exact) mass is 266 g/mol. The Morgan fingerprint density at radius 2 is 1.85 bits per heavy atom. The zero-order valence-corrected chi connectivity index (χ0v) is 11.3. The molecule has 2 aromatic rings. The first-order valence-corrected chi connectivity index (χ1v) is 6.79. The lowest BCUT2D eigenvalue weighted by Crippen LogP contribution is -2.04.